The second-order valence-corrected chi connectivity index (χ2v) is 2.12. The Kier molecular flexibility index (Phi) is 1.17. The van der Waals surface area contributed by atoms with Crippen molar-refractivity contribution in [3.8, 4) is 0 Å². The molecule has 3 heteroatoms. The van der Waals surface area contributed by atoms with E-state index in [-0.39, 0.29) is 5.12 Å². The summed E-state index contributed by atoms with van der Waals surface area (Å²) in [7, 11) is 0. The molecule has 0 spiro atoms. The lowest BCUT2D eigenvalue weighted by molar-refractivity contribution is -0.115. The van der Waals surface area contributed by atoms with E-state index in [1.54, 1.807) is 5.41 Å². The number of aliphatic hydroxyl groups excluding tert-OH is 1. The highest BCUT2D eigenvalue weighted by Gasteiger charge is 2.15. The molecule has 1 aliphatic rings. The van der Waals surface area contributed by atoms with E-state index in [0.717, 1.165) is 11.8 Å². The second-order valence-electron chi connectivity index (χ2n) is 1.21. The van der Waals surface area contributed by atoms with Gasteiger partial charge in [0.2, 0.25) is 5.12 Å². The molecule has 0 saturated carbocycles. The quantitative estimate of drug-likeness (QED) is 0.489. The summed E-state index contributed by atoms with van der Waals surface area (Å²) in [5.74, 6) is 0. The smallest absolute Gasteiger partial charge is 0.225 e. The highest BCUT2D eigenvalue weighted by atomic mass is 32.2. The molecule has 7 heavy (non-hydrogen) atoms. The number of carbonyl (C=O) groups excluding carboxylic acids is 1. The van der Waals surface area contributed by atoms with Crippen LogP contribution in [-0.2, 0) is 4.79 Å². The van der Waals surface area contributed by atoms with Crippen LogP contribution in [0.5, 0.6) is 0 Å². The summed E-state index contributed by atoms with van der Waals surface area (Å²) in [4.78, 5) is 10.2. The molecule has 1 aliphatic heterocycles. The fourth-order valence-corrected chi connectivity index (χ4v) is 0.909. The van der Waals surface area contributed by atoms with Crippen molar-refractivity contribution in [2.45, 2.75) is 6.10 Å². The molecule has 1 unspecified atom stereocenters. The third-order valence-corrected chi connectivity index (χ3v) is 1.45. The van der Waals surface area contributed by atoms with E-state index in [9.17, 15) is 4.79 Å². The zero-order valence-electron chi connectivity index (χ0n) is 3.50. The van der Waals surface area contributed by atoms with E-state index in [2.05, 4.69) is 0 Å². The molecule has 0 radical (unpaired) electrons. The average Bonchev–Trinajstić information content (AvgIpc) is 1.91. The molecule has 0 aromatic carbocycles. The predicted molar refractivity (Wildman–Crippen MR) is 27.7 cm³/mol. The van der Waals surface area contributed by atoms with Gasteiger partial charge in [-0.1, -0.05) is 11.8 Å². The van der Waals surface area contributed by atoms with Crippen molar-refractivity contribution in [2.24, 2.45) is 0 Å². The summed E-state index contributed by atoms with van der Waals surface area (Å²) in [5.41, 5.74) is 0. The Balaban J connectivity index is 2.62. The van der Waals surface area contributed by atoms with Gasteiger partial charge in [0.15, 0.2) is 0 Å². The lowest BCUT2D eigenvalue weighted by atomic mass is 10.4. The first-order valence-corrected chi connectivity index (χ1v) is 2.74. The van der Waals surface area contributed by atoms with Crippen molar-refractivity contribution in [2.75, 3.05) is 0 Å². The molecule has 0 aliphatic carbocycles. The summed E-state index contributed by atoms with van der Waals surface area (Å²) in [5, 5.41) is 9.95. The van der Waals surface area contributed by atoms with Crippen molar-refractivity contribution < 1.29 is 9.90 Å². The first-order valence-electron chi connectivity index (χ1n) is 1.86. The first-order chi connectivity index (χ1) is 3.30. The number of aliphatic hydroxyl groups is 1. The monoisotopic (exact) mass is 116 g/mol. The highest BCUT2D eigenvalue weighted by Crippen LogP contribution is 2.15. The molecule has 1 rings (SSSR count). The van der Waals surface area contributed by atoms with E-state index in [1.807, 2.05) is 0 Å². The minimum Gasteiger partial charge on any atom is -0.380 e. The second kappa shape index (κ2) is 1.68. The van der Waals surface area contributed by atoms with E-state index in [1.165, 1.54) is 6.08 Å². The largest absolute Gasteiger partial charge is 0.380 e. The number of hydrogen-bond acceptors (Lipinski definition) is 3. The molecule has 0 bridgehead atoms. The van der Waals surface area contributed by atoms with Gasteiger partial charge in [-0.25, -0.2) is 0 Å². The first kappa shape index (κ1) is 4.87. The Labute approximate surface area is 45.2 Å². The molecule has 0 aromatic rings. The van der Waals surface area contributed by atoms with Crippen LogP contribution in [0.1, 0.15) is 0 Å². The lowest BCUT2D eigenvalue weighted by Gasteiger charge is -1.88. The number of carbonyl (C=O) groups is 1. The molecular formula is C4H4O2S. The van der Waals surface area contributed by atoms with Crippen LogP contribution in [0.4, 0.5) is 0 Å². The molecule has 0 fully saturated rings. The SMILES string of the molecule is O=C1SC=CC1O. The van der Waals surface area contributed by atoms with Gasteiger partial charge in [-0.2, -0.15) is 0 Å². The van der Waals surface area contributed by atoms with Crippen LogP contribution in [0.25, 0.3) is 0 Å². The van der Waals surface area contributed by atoms with Crippen LogP contribution in [0, 0.1) is 0 Å². The molecular weight excluding hydrogens is 112 g/mol. The number of rotatable bonds is 0. The third kappa shape index (κ3) is 0.838. The van der Waals surface area contributed by atoms with Gasteiger partial charge in [-0.05, 0) is 11.5 Å². The summed E-state index contributed by atoms with van der Waals surface area (Å²) in [6.07, 6.45) is 0.623. The standard InChI is InChI=1S/C4H4O2S/c5-3-1-2-7-4(3)6/h1-3,5H. The minimum atomic E-state index is -0.843. The van der Waals surface area contributed by atoms with E-state index >= 15 is 0 Å². The molecule has 1 atom stereocenters. The van der Waals surface area contributed by atoms with Gasteiger partial charge in [0.1, 0.15) is 6.10 Å². The Morgan fingerprint density at radius 3 is 2.71 bits per heavy atom. The molecule has 0 saturated heterocycles. The molecule has 0 aromatic heterocycles. The Bertz CT molecular complexity index is 119. The topological polar surface area (TPSA) is 37.3 Å². The molecule has 1 heterocycles. The van der Waals surface area contributed by atoms with Gasteiger partial charge in [-0.15, -0.1) is 0 Å². The van der Waals surface area contributed by atoms with Crippen molar-refractivity contribution in [3.63, 3.8) is 0 Å². The third-order valence-electron chi connectivity index (χ3n) is 0.687. The molecule has 1 N–H and O–H groups in total. The minimum absolute atomic E-state index is 0.181. The van der Waals surface area contributed by atoms with Crippen molar-refractivity contribution >= 4 is 16.9 Å². The van der Waals surface area contributed by atoms with Crippen LogP contribution in [0.15, 0.2) is 11.5 Å². The molecule has 0 amide bonds. The number of hydrogen-bond donors (Lipinski definition) is 1. The zero-order valence-corrected chi connectivity index (χ0v) is 4.31. The van der Waals surface area contributed by atoms with Gasteiger partial charge >= 0.3 is 0 Å². The van der Waals surface area contributed by atoms with Crippen LogP contribution < -0.4 is 0 Å². The van der Waals surface area contributed by atoms with Crippen LogP contribution in [0.3, 0.4) is 0 Å². The highest BCUT2D eigenvalue weighted by molar-refractivity contribution is 8.16. The summed E-state index contributed by atoms with van der Waals surface area (Å²) >= 11 is 1.04. The Hall–Kier alpha value is -0.280. The van der Waals surface area contributed by atoms with Crippen LogP contribution >= 0.6 is 11.8 Å². The maximum atomic E-state index is 10.2. The summed E-state index contributed by atoms with van der Waals surface area (Å²) in [6.45, 7) is 0. The maximum absolute atomic E-state index is 10.2. The van der Waals surface area contributed by atoms with Gasteiger partial charge < -0.3 is 5.11 Å². The Morgan fingerprint density at radius 2 is 2.57 bits per heavy atom. The van der Waals surface area contributed by atoms with Crippen molar-refractivity contribution in [1.82, 2.24) is 0 Å². The fourth-order valence-electron chi connectivity index (χ4n) is 0.329. The van der Waals surface area contributed by atoms with E-state index in [0.29, 0.717) is 0 Å². The van der Waals surface area contributed by atoms with Gasteiger partial charge in [0.25, 0.3) is 0 Å². The van der Waals surface area contributed by atoms with Gasteiger partial charge in [-0.3, -0.25) is 4.79 Å². The molecule has 38 valence electrons. The normalized spacial score (nSPS) is 29.3. The van der Waals surface area contributed by atoms with Crippen LogP contribution in [-0.4, -0.2) is 16.3 Å². The molecule has 2 nitrogen and oxygen atoms in total. The van der Waals surface area contributed by atoms with Crippen molar-refractivity contribution in [3.05, 3.63) is 11.5 Å². The lowest BCUT2D eigenvalue weighted by Crippen LogP contribution is -2.07. The Morgan fingerprint density at radius 1 is 1.86 bits per heavy atom. The van der Waals surface area contributed by atoms with E-state index < -0.39 is 6.10 Å². The van der Waals surface area contributed by atoms with E-state index in [4.69, 9.17) is 5.11 Å². The number of thioether (sulfide) groups is 1. The van der Waals surface area contributed by atoms with Crippen molar-refractivity contribution in [1.29, 1.82) is 0 Å². The van der Waals surface area contributed by atoms with Crippen LogP contribution in [0.2, 0.25) is 0 Å². The summed E-state index contributed by atoms with van der Waals surface area (Å²) < 4.78 is 0. The average molecular weight is 116 g/mol. The predicted octanol–water partition coefficient (Wildman–Crippen LogP) is 0.134. The summed E-state index contributed by atoms with van der Waals surface area (Å²) in [6, 6.07) is 0. The van der Waals surface area contributed by atoms with Gasteiger partial charge in [0, 0.05) is 0 Å². The maximum Gasteiger partial charge on any atom is 0.225 e. The fraction of sp³-hybridized carbons (Fsp3) is 0.250. The zero-order chi connectivity index (χ0) is 5.28. The van der Waals surface area contributed by atoms with Gasteiger partial charge in [0.05, 0.1) is 0 Å².